The fourth-order valence-electron chi connectivity index (χ4n) is 1.36. The second kappa shape index (κ2) is 5.98. The molecule has 0 saturated carbocycles. The van der Waals surface area contributed by atoms with Gasteiger partial charge in [0, 0.05) is 12.7 Å². The summed E-state index contributed by atoms with van der Waals surface area (Å²) in [6.45, 7) is 1.24. The average molecular weight is 290 g/mol. The van der Waals surface area contributed by atoms with Crippen molar-refractivity contribution in [3.05, 3.63) is 24.0 Å². The van der Waals surface area contributed by atoms with Crippen LogP contribution in [0.5, 0.6) is 0 Å². The first-order valence-electron chi connectivity index (χ1n) is 5.46. The molecule has 2 N–H and O–H groups in total. The number of carbonyl (C=O) groups excluding carboxylic acids is 1. The number of likely N-dealkylation sites (N-methyl/N-ethyl adjacent to an activating group) is 1. The van der Waals surface area contributed by atoms with Crippen molar-refractivity contribution < 1.29 is 22.3 Å². The Labute approximate surface area is 111 Å². The standard InChI is InChI=1S/C11H15FN2O4S/c1-3-18-11(15)7-14(2)19(16,17)10-6-8(13)4-5-9(10)12/h4-6H,3,7,13H2,1-2H3. The molecular formula is C11H15FN2O4S. The van der Waals surface area contributed by atoms with Gasteiger partial charge in [0.25, 0.3) is 0 Å². The molecule has 106 valence electrons. The molecule has 1 aromatic carbocycles. The highest BCUT2D eigenvalue weighted by atomic mass is 32.2. The molecule has 0 aliphatic rings. The van der Waals surface area contributed by atoms with Crippen molar-refractivity contribution in [3.63, 3.8) is 0 Å². The van der Waals surface area contributed by atoms with Crippen molar-refractivity contribution in [1.29, 1.82) is 0 Å². The van der Waals surface area contributed by atoms with Crippen molar-refractivity contribution in [2.24, 2.45) is 0 Å². The number of halogens is 1. The summed E-state index contributed by atoms with van der Waals surface area (Å²) in [5.74, 6) is -1.64. The van der Waals surface area contributed by atoms with Gasteiger partial charge in [0.2, 0.25) is 10.0 Å². The van der Waals surface area contributed by atoms with E-state index in [0.29, 0.717) is 4.31 Å². The number of benzene rings is 1. The number of nitrogens with zero attached hydrogens (tertiary/aromatic N) is 1. The fraction of sp³-hybridized carbons (Fsp3) is 0.364. The van der Waals surface area contributed by atoms with E-state index >= 15 is 0 Å². The minimum Gasteiger partial charge on any atom is -0.465 e. The van der Waals surface area contributed by atoms with Crippen molar-refractivity contribution >= 4 is 21.7 Å². The molecule has 0 heterocycles. The summed E-state index contributed by atoms with van der Waals surface area (Å²) in [6.07, 6.45) is 0. The van der Waals surface area contributed by atoms with E-state index < -0.39 is 33.3 Å². The Balaban J connectivity index is 3.03. The maximum absolute atomic E-state index is 13.5. The summed E-state index contributed by atoms with van der Waals surface area (Å²) in [7, 11) is -2.97. The summed E-state index contributed by atoms with van der Waals surface area (Å²) in [5, 5.41) is 0. The van der Waals surface area contributed by atoms with Gasteiger partial charge >= 0.3 is 5.97 Å². The van der Waals surface area contributed by atoms with Crippen molar-refractivity contribution in [3.8, 4) is 0 Å². The second-order valence-electron chi connectivity index (χ2n) is 3.76. The summed E-state index contributed by atoms with van der Waals surface area (Å²) in [6, 6.07) is 3.21. The van der Waals surface area contributed by atoms with Crippen LogP contribution in [0.2, 0.25) is 0 Å². The predicted octanol–water partition coefficient (Wildman–Crippen LogP) is 0.592. The molecule has 8 heteroatoms. The fourth-order valence-corrected chi connectivity index (χ4v) is 2.57. The number of hydrogen-bond donors (Lipinski definition) is 1. The summed E-state index contributed by atoms with van der Waals surface area (Å²) >= 11 is 0. The van der Waals surface area contributed by atoms with Gasteiger partial charge in [0.1, 0.15) is 17.3 Å². The molecule has 0 aliphatic carbocycles. The lowest BCUT2D eigenvalue weighted by molar-refractivity contribution is -0.143. The molecule has 0 amide bonds. The number of nitrogens with two attached hydrogens (primary N) is 1. The second-order valence-corrected chi connectivity index (χ2v) is 5.77. The summed E-state index contributed by atoms with van der Waals surface area (Å²) in [5.41, 5.74) is 5.55. The number of ether oxygens (including phenoxy) is 1. The third-order valence-corrected chi connectivity index (χ3v) is 4.12. The molecule has 6 nitrogen and oxygen atoms in total. The van der Waals surface area contributed by atoms with Crippen molar-refractivity contribution in [2.75, 3.05) is 25.9 Å². The zero-order valence-corrected chi connectivity index (χ0v) is 11.4. The van der Waals surface area contributed by atoms with Crippen LogP contribution in [-0.4, -0.2) is 38.9 Å². The molecule has 0 aliphatic heterocycles. The Morgan fingerprint density at radius 3 is 2.68 bits per heavy atom. The van der Waals surface area contributed by atoms with E-state index in [4.69, 9.17) is 5.73 Å². The Kier molecular flexibility index (Phi) is 4.84. The average Bonchev–Trinajstić information content (AvgIpc) is 2.32. The number of sulfonamides is 1. The van der Waals surface area contributed by atoms with Gasteiger partial charge in [-0.1, -0.05) is 0 Å². The van der Waals surface area contributed by atoms with Crippen LogP contribution in [0.1, 0.15) is 6.92 Å². The van der Waals surface area contributed by atoms with Gasteiger partial charge in [0.05, 0.1) is 6.61 Å². The van der Waals surface area contributed by atoms with Crippen LogP contribution in [0.15, 0.2) is 23.1 Å². The summed E-state index contributed by atoms with van der Waals surface area (Å²) in [4.78, 5) is 10.7. The first kappa shape index (κ1) is 15.4. The zero-order chi connectivity index (χ0) is 14.6. The smallest absolute Gasteiger partial charge is 0.321 e. The molecule has 1 rings (SSSR count). The molecule has 1 aromatic rings. The van der Waals surface area contributed by atoms with Gasteiger partial charge < -0.3 is 10.5 Å². The van der Waals surface area contributed by atoms with Crippen molar-refractivity contribution in [2.45, 2.75) is 11.8 Å². The molecule has 0 atom stereocenters. The minimum absolute atomic E-state index is 0.115. The SMILES string of the molecule is CCOC(=O)CN(C)S(=O)(=O)c1cc(N)ccc1F. The molecule has 0 radical (unpaired) electrons. The Morgan fingerprint density at radius 2 is 2.11 bits per heavy atom. The molecule has 0 fully saturated rings. The van der Waals surface area contributed by atoms with Crippen LogP contribution in [0.3, 0.4) is 0 Å². The van der Waals surface area contributed by atoms with Gasteiger partial charge in [-0.25, -0.2) is 12.8 Å². The third-order valence-electron chi connectivity index (χ3n) is 2.30. The lowest BCUT2D eigenvalue weighted by Crippen LogP contribution is -2.33. The quantitative estimate of drug-likeness (QED) is 0.633. The van der Waals surface area contributed by atoms with Crippen molar-refractivity contribution in [1.82, 2.24) is 4.31 Å². The number of rotatable bonds is 5. The highest BCUT2D eigenvalue weighted by Crippen LogP contribution is 2.20. The van der Waals surface area contributed by atoms with Gasteiger partial charge in [-0.05, 0) is 25.1 Å². The van der Waals surface area contributed by atoms with E-state index in [9.17, 15) is 17.6 Å². The first-order valence-corrected chi connectivity index (χ1v) is 6.90. The van der Waals surface area contributed by atoms with Crippen LogP contribution in [0.4, 0.5) is 10.1 Å². The van der Waals surface area contributed by atoms with Crippen LogP contribution in [-0.2, 0) is 19.6 Å². The van der Waals surface area contributed by atoms with E-state index in [1.165, 1.54) is 6.07 Å². The lowest BCUT2D eigenvalue weighted by atomic mass is 10.3. The van der Waals surface area contributed by atoms with Crippen LogP contribution < -0.4 is 5.73 Å². The van der Waals surface area contributed by atoms with Crippen LogP contribution in [0.25, 0.3) is 0 Å². The molecule has 0 unspecified atom stereocenters. The zero-order valence-electron chi connectivity index (χ0n) is 10.6. The number of hydrogen-bond acceptors (Lipinski definition) is 5. The van der Waals surface area contributed by atoms with E-state index in [1.54, 1.807) is 6.92 Å². The largest absolute Gasteiger partial charge is 0.465 e. The Bertz CT molecular complexity index is 574. The van der Waals surface area contributed by atoms with E-state index in [-0.39, 0.29) is 12.3 Å². The molecule has 0 aromatic heterocycles. The Hall–Kier alpha value is -1.67. The number of nitrogen functional groups attached to an aromatic ring is 1. The number of esters is 1. The highest BCUT2D eigenvalue weighted by molar-refractivity contribution is 7.89. The highest BCUT2D eigenvalue weighted by Gasteiger charge is 2.26. The molecule has 19 heavy (non-hydrogen) atoms. The third kappa shape index (κ3) is 3.65. The van der Waals surface area contributed by atoms with E-state index in [2.05, 4.69) is 4.74 Å². The predicted molar refractivity (Wildman–Crippen MR) is 67.3 cm³/mol. The topological polar surface area (TPSA) is 89.7 Å². The van der Waals surface area contributed by atoms with E-state index in [0.717, 1.165) is 19.2 Å². The van der Waals surface area contributed by atoms with Gasteiger partial charge in [-0.3, -0.25) is 4.79 Å². The number of anilines is 1. The molecule has 0 saturated heterocycles. The van der Waals surface area contributed by atoms with E-state index in [1.807, 2.05) is 0 Å². The molecule has 0 spiro atoms. The molecule has 0 bridgehead atoms. The monoisotopic (exact) mass is 290 g/mol. The lowest BCUT2D eigenvalue weighted by Gasteiger charge is -2.16. The van der Waals surface area contributed by atoms with Crippen LogP contribution in [0, 0.1) is 5.82 Å². The Morgan fingerprint density at radius 1 is 1.47 bits per heavy atom. The van der Waals surface area contributed by atoms with Gasteiger partial charge in [0.15, 0.2) is 0 Å². The maximum atomic E-state index is 13.5. The van der Waals surface area contributed by atoms with Crippen LogP contribution >= 0.6 is 0 Å². The van der Waals surface area contributed by atoms with Gasteiger partial charge in [-0.15, -0.1) is 0 Å². The molecular weight excluding hydrogens is 275 g/mol. The maximum Gasteiger partial charge on any atom is 0.321 e. The van der Waals surface area contributed by atoms with Gasteiger partial charge in [-0.2, -0.15) is 4.31 Å². The summed E-state index contributed by atoms with van der Waals surface area (Å²) < 4.78 is 43.0. The normalized spacial score (nSPS) is 11.6. The first-order chi connectivity index (χ1) is 8.78. The minimum atomic E-state index is -4.13. The number of carbonyl (C=O) groups is 1.